The Hall–Kier alpha value is -3.08. The molecule has 4 nitrogen and oxygen atoms in total. The lowest BCUT2D eigenvalue weighted by Gasteiger charge is -2.24. The van der Waals surface area contributed by atoms with E-state index >= 15 is 0 Å². The van der Waals surface area contributed by atoms with Crippen molar-refractivity contribution in [1.29, 1.82) is 0 Å². The van der Waals surface area contributed by atoms with Crippen molar-refractivity contribution in [3.8, 4) is 5.88 Å². The molecular weight excluding hydrogens is 353 g/mol. The lowest BCUT2D eigenvalue weighted by atomic mass is 10.1. The van der Waals surface area contributed by atoms with Crippen LogP contribution < -0.4 is 9.64 Å². The average molecular weight is 379 g/mol. The summed E-state index contributed by atoms with van der Waals surface area (Å²) < 4.78 is 19.7. The first-order valence-electron chi connectivity index (χ1n) is 9.29. The Morgan fingerprint density at radius 1 is 1.29 bits per heavy atom. The maximum atomic E-state index is 14.2. The molecule has 0 aliphatic carbocycles. The maximum absolute atomic E-state index is 14.2. The Morgan fingerprint density at radius 3 is 2.71 bits per heavy atom. The van der Waals surface area contributed by atoms with E-state index in [9.17, 15) is 4.39 Å². The molecule has 1 aliphatic heterocycles. The molecule has 1 saturated heterocycles. The van der Waals surface area contributed by atoms with Crippen molar-refractivity contribution in [2.45, 2.75) is 20.4 Å². The van der Waals surface area contributed by atoms with E-state index < -0.39 is 0 Å². The number of pyridine rings is 1. The van der Waals surface area contributed by atoms with Gasteiger partial charge in [-0.3, -0.25) is 0 Å². The van der Waals surface area contributed by atoms with Crippen molar-refractivity contribution in [3.63, 3.8) is 0 Å². The third-order valence-corrected chi connectivity index (χ3v) is 5.00. The van der Waals surface area contributed by atoms with Crippen molar-refractivity contribution in [2.75, 3.05) is 25.1 Å². The van der Waals surface area contributed by atoms with Crippen LogP contribution in [-0.4, -0.2) is 30.1 Å². The molecule has 5 heteroatoms. The third kappa shape index (κ3) is 3.79. The van der Waals surface area contributed by atoms with Crippen molar-refractivity contribution < 1.29 is 9.13 Å². The number of hydrogen-bond acceptors (Lipinski definition) is 4. The summed E-state index contributed by atoms with van der Waals surface area (Å²) in [6.45, 7) is 13.9. The number of aromatic nitrogens is 1. The molecule has 1 aliphatic rings. The SMILES string of the molecule is C=C/C(=C\C)c1ccc(N2CCN(Cc3ccc(C)cc3F)C2=C)nc1OC. The molecule has 0 spiro atoms. The monoisotopic (exact) mass is 379 g/mol. The van der Waals surface area contributed by atoms with E-state index in [0.717, 1.165) is 41.4 Å². The first kappa shape index (κ1) is 19.7. The summed E-state index contributed by atoms with van der Waals surface area (Å²) >= 11 is 0. The molecule has 0 bridgehead atoms. The predicted molar refractivity (Wildman–Crippen MR) is 113 cm³/mol. The fourth-order valence-corrected chi connectivity index (χ4v) is 3.39. The minimum absolute atomic E-state index is 0.182. The number of rotatable bonds is 6. The van der Waals surface area contributed by atoms with Gasteiger partial charge >= 0.3 is 0 Å². The Labute approximate surface area is 166 Å². The number of allylic oxidation sites excluding steroid dienone is 3. The zero-order valence-electron chi connectivity index (χ0n) is 16.7. The summed E-state index contributed by atoms with van der Waals surface area (Å²) in [5.41, 5.74) is 3.44. The van der Waals surface area contributed by atoms with Gasteiger partial charge in [0.1, 0.15) is 17.5 Å². The highest BCUT2D eigenvalue weighted by Crippen LogP contribution is 2.31. The van der Waals surface area contributed by atoms with E-state index in [-0.39, 0.29) is 5.82 Å². The first-order valence-corrected chi connectivity index (χ1v) is 9.29. The quantitative estimate of drug-likeness (QED) is 0.666. The molecule has 0 N–H and O–H groups in total. The molecule has 0 amide bonds. The molecular formula is C23H26FN3O. The number of anilines is 1. The van der Waals surface area contributed by atoms with Crippen LogP contribution in [-0.2, 0) is 6.54 Å². The summed E-state index contributed by atoms with van der Waals surface area (Å²) in [5, 5.41) is 0. The van der Waals surface area contributed by atoms with E-state index in [1.165, 1.54) is 0 Å². The van der Waals surface area contributed by atoms with Crippen LogP contribution in [0.25, 0.3) is 5.57 Å². The van der Waals surface area contributed by atoms with Crippen LogP contribution in [0, 0.1) is 12.7 Å². The van der Waals surface area contributed by atoms with Gasteiger partial charge < -0.3 is 14.5 Å². The van der Waals surface area contributed by atoms with Gasteiger partial charge in [-0.2, -0.15) is 4.98 Å². The molecule has 1 fully saturated rings. The zero-order valence-corrected chi connectivity index (χ0v) is 16.7. The Kier molecular flexibility index (Phi) is 5.83. The van der Waals surface area contributed by atoms with Gasteiger partial charge in [0, 0.05) is 30.8 Å². The largest absolute Gasteiger partial charge is 0.480 e. The second kappa shape index (κ2) is 8.30. The number of nitrogens with zero attached hydrogens (tertiary/aromatic N) is 3. The van der Waals surface area contributed by atoms with Gasteiger partial charge in [0.2, 0.25) is 5.88 Å². The fourth-order valence-electron chi connectivity index (χ4n) is 3.39. The molecule has 1 aromatic carbocycles. The highest BCUT2D eigenvalue weighted by molar-refractivity contribution is 5.77. The van der Waals surface area contributed by atoms with E-state index in [1.54, 1.807) is 19.3 Å². The Bertz CT molecular complexity index is 935. The molecule has 0 unspecified atom stereocenters. The molecule has 2 aromatic rings. The smallest absolute Gasteiger partial charge is 0.223 e. The van der Waals surface area contributed by atoms with Gasteiger partial charge in [0.15, 0.2) is 0 Å². The second-order valence-corrected chi connectivity index (χ2v) is 6.76. The van der Waals surface area contributed by atoms with E-state index in [1.807, 2.05) is 49.1 Å². The first-order chi connectivity index (χ1) is 13.5. The van der Waals surface area contributed by atoms with Crippen LogP contribution in [0.1, 0.15) is 23.6 Å². The minimum atomic E-state index is -0.182. The van der Waals surface area contributed by atoms with Crippen LogP contribution in [0.4, 0.5) is 10.2 Å². The normalized spacial score (nSPS) is 14.6. The number of halogens is 1. The summed E-state index contributed by atoms with van der Waals surface area (Å²) in [7, 11) is 1.61. The number of methoxy groups -OCH3 is 1. The minimum Gasteiger partial charge on any atom is -0.480 e. The fraction of sp³-hybridized carbons (Fsp3) is 0.261. The number of aryl methyl sites for hydroxylation is 1. The topological polar surface area (TPSA) is 28.6 Å². The van der Waals surface area contributed by atoms with Gasteiger partial charge in [0.25, 0.3) is 0 Å². The van der Waals surface area contributed by atoms with Crippen LogP contribution in [0.3, 0.4) is 0 Å². The van der Waals surface area contributed by atoms with Crippen LogP contribution in [0.5, 0.6) is 5.88 Å². The van der Waals surface area contributed by atoms with Gasteiger partial charge in [-0.15, -0.1) is 0 Å². The van der Waals surface area contributed by atoms with Gasteiger partial charge in [-0.25, -0.2) is 4.39 Å². The molecule has 0 saturated carbocycles. The van der Waals surface area contributed by atoms with Gasteiger partial charge in [0.05, 0.1) is 7.11 Å². The number of hydrogen-bond donors (Lipinski definition) is 0. The van der Waals surface area contributed by atoms with Crippen molar-refractivity contribution >= 4 is 11.4 Å². The lowest BCUT2D eigenvalue weighted by Crippen LogP contribution is -2.23. The van der Waals surface area contributed by atoms with E-state index in [0.29, 0.717) is 18.0 Å². The predicted octanol–water partition coefficient (Wildman–Crippen LogP) is 4.92. The summed E-state index contributed by atoms with van der Waals surface area (Å²) in [5.74, 6) is 1.93. The number of benzene rings is 1. The van der Waals surface area contributed by atoms with Crippen LogP contribution in [0.15, 0.2) is 61.5 Å². The molecule has 3 rings (SSSR count). The van der Waals surface area contributed by atoms with Crippen LogP contribution >= 0.6 is 0 Å². The highest BCUT2D eigenvalue weighted by Gasteiger charge is 2.26. The van der Waals surface area contributed by atoms with Crippen LogP contribution in [0.2, 0.25) is 0 Å². The maximum Gasteiger partial charge on any atom is 0.223 e. The van der Waals surface area contributed by atoms with Crippen molar-refractivity contribution in [1.82, 2.24) is 9.88 Å². The third-order valence-electron chi connectivity index (χ3n) is 5.00. The molecule has 2 heterocycles. The lowest BCUT2D eigenvalue weighted by molar-refractivity contribution is 0.383. The van der Waals surface area contributed by atoms with E-state index in [4.69, 9.17) is 4.74 Å². The summed E-state index contributed by atoms with van der Waals surface area (Å²) in [6, 6.07) is 9.26. The summed E-state index contributed by atoms with van der Waals surface area (Å²) in [4.78, 5) is 8.76. The Balaban J connectivity index is 1.81. The highest BCUT2D eigenvalue weighted by atomic mass is 19.1. The number of ether oxygens (including phenoxy) is 1. The molecule has 1 aromatic heterocycles. The zero-order chi connectivity index (χ0) is 20.3. The molecule has 146 valence electrons. The van der Waals surface area contributed by atoms with Gasteiger partial charge in [-0.05, 0) is 43.2 Å². The van der Waals surface area contributed by atoms with E-state index in [2.05, 4.69) is 23.0 Å². The molecule has 0 radical (unpaired) electrons. The summed E-state index contributed by atoms with van der Waals surface area (Å²) in [6.07, 6.45) is 3.75. The van der Waals surface area contributed by atoms with Crippen molar-refractivity contribution in [3.05, 3.63) is 84.0 Å². The van der Waals surface area contributed by atoms with Gasteiger partial charge in [-0.1, -0.05) is 37.4 Å². The Morgan fingerprint density at radius 2 is 2.07 bits per heavy atom. The molecule has 28 heavy (non-hydrogen) atoms. The standard InChI is InChI=1S/C23H26FN3O/c1-6-18(7-2)20-10-11-22(25-23(20)28-5)27-13-12-26(17(27)4)15-19-9-8-16(3)14-21(19)24/h6-11,14H,1,4,12-13,15H2,2-3,5H3/b18-7+. The second-order valence-electron chi connectivity index (χ2n) is 6.76. The molecule has 0 atom stereocenters. The average Bonchev–Trinajstić information content (AvgIpc) is 3.05. The van der Waals surface area contributed by atoms with Crippen molar-refractivity contribution in [2.24, 2.45) is 0 Å².